The van der Waals surface area contributed by atoms with Gasteiger partial charge in [-0.05, 0) is 43.3 Å². The molecule has 0 aromatic heterocycles. The van der Waals surface area contributed by atoms with Crippen LogP contribution in [0.4, 0.5) is 11.4 Å². The Morgan fingerprint density at radius 3 is 2.59 bits per heavy atom. The quantitative estimate of drug-likeness (QED) is 0.702. The molecule has 0 radical (unpaired) electrons. The molecule has 1 unspecified atom stereocenters. The van der Waals surface area contributed by atoms with E-state index in [0.29, 0.717) is 30.0 Å². The third kappa shape index (κ3) is 5.20. The van der Waals surface area contributed by atoms with Gasteiger partial charge in [-0.25, -0.2) is 0 Å². The van der Waals surface area contributed by atoms with Gasteiger partial charge in [0.2, 0.25) is 11.8 Å². The maximum absolute atomic E-state index is 12.7. The maximum atomic E-state index is 12.7. The van der Waals surface area contributed by atoms with E-state index >= 15 is 0 Å². The lowest BCUT2D eigenvalue weighted by atomic mass is 10.1. The number of hydrogen-bond donors (Lipinski definition) is 3. The number of nitrogens with one attached hydrogen (secondary N) is 3. The molecule has 0 bridgehead atoms. The summed E-state index contributed by atoms with van der Waals surface area (Å²) >= 11 is 0. The van der Waals surface area contributed by atoms with Crippen LogP contribution >= 0.6 is 0 Å². The van der Waals surface area contributed by atoms with E-state index < -0.39 is 6.04 Å². The van der Waals surface area contributed by atoms with E-state index in [-0.39, 0.29) is 24.1 Å². The van der Waals surface area contributed by atoms with E-state index in [0.717, 1.165) is 12.1 Å². The first-order valence-corrected chi connectivity index (χ1v) is 9.76. The molecule has 1 fully saturated rings. The van der Waals surface area contributed by atoms with Crippen LogP contribution < -0.4 is 16.0 Å². The molecule has 1 aliphatic heterocycles. The van der Waals surface area contributed by atoms with Crippen molar-refractivity contribution in [3.8, 4) is 0 Å². The van der Waals surface area contributed by atoms with Gasteiger partial charge in [-0.3, -0.25) is 19.3 Å². The Hall–Kier alpha value is -3.19. The second-order valence-corrected chi connectivity index (χ2v) is 7.06. The Morgan fingerprint density at radius 1 is 1.10 bits per heavy atom. The van der Waals surface area contributed by atoms with Gasteiger partial charge in [0.25, 0.3) is 5.91 Å². The molecule has 0 saturated carbocycles. The van der Waals surface area contributed by atoms with Gasteiger partial charge < -0.3 is 16.0 Å². The lowest BCUT2D eigenvalue weighted by molar-refractivity contribution is -0.132. The third-order valence-corrected chi connectivity index (χ3v) is 4.96. The van der Waals surface area contributed by atoms with E-state index in [1.54, 1.807) is 36.4 Å². The Morgan fingerprint density at radius 2 is 1.86 bits per heavy atom. The first-order chi connectivity index (χ1) is 14.0. The molecule has 1 heterocycles. The summed E-state index contributed by atoms with van der Waals surface area (Å²) in [6.07, 6.45) is 0.0552. The van der Waals surface area contributed by atoms with Crippen molar-refractivity contribution >= 4 is 29.1 Å². The molecule has 0 spiro atoms. The Bertz CT molecular complexity index is 898. The van der Waals surface area contributed by atoms with Crippen LogP contribution in [-0.4, -0.2) is 48.3 Å². The molecule has 2 aromatic rings. The smallest absolute Gasteiger partial charge is 0.255 e. The molecule has 0 aliphatic carbocycles. The second kappa shape index (κ2) is 9.34. The maximum Gasteiger partial charge on any atom is 0.255 e. The van der Waals surface area contributed by atoms with Crippen LogP contribution in [0.3, 0.4) is 0 Å². The number of amides is 3. The molecule has 7 heteroatoms. The van der Waals surface area contributed by atoms with Crippen LogP contribution in [0, 0.1) is 6.92 Å². The highest BCUT2D eigenvalue weighted by Gasteiger charge is 2.30. The van der Waals surface area contributed by atoms with Crippen LogP contribution in [0.15, 0.2) is 48.5 Å². The molecule has 29 heavy (non-hydrogen) atoms. The molecule has 7 nitrogen and oxygen atoms in total. The number of nitrogens with zero attached hydrogens (tertiary/aromatic N) is 1. The topological polar surface area (TPSA) is 90.5 Å². The van der Waals surface area contributed by atoms with Gasteiger partial charge in [0, 0.05) is 18.7 Å². The monoisotopic (exact) mass is 394 g/mol. The lowest BCUT2D eigenvalue weighted by Crippen LogP contribution is -2.56. The van der Waals surface area contributed by atoms with Crippen LogP contribution in [-0.2, 0) is 9.59 Å². The minimum Gasteiger partial charge on any atom is -0.353 e. The van der Waals surface area contributed by atoms with Gasteiger partial charge in [-0.1, -0.05) is 31.2 Å². The Kier molecular flexibility index (Phi) is 6.61. The van der Waals surface area contributed by atoms with Gasteiger partial charge in [0.05, 0.1) is 23.8 Å². The molecule has 3 amide bonds. The van der Waals surface area contributed by atoms with Gasteiger partial charge in [0.1, 0.15) is 0 Å². The normalized spacial score (nSPS) is 16.8. The highest BCUT2D eigenvalue weighted by Crippen LogP contribution is 2.24. The largest absolute Gasteiger partial charge is 0.353 e. The number of rotatable bonds is 6. The van der Waals surface area contributed by atoms with Crippen molar-refractivity contribution in [1.82, 2.24) is 10.2 Å². The molecule has 1 saturated heterocycles. The summed E-state index contributed by atoms with van der Waals surface area (Å²) in [6, 6.07) is 13.8. The van der Waals surface area contributed by atoms with Crippen LogP contribution in [0.5, 0.6) is 0 Å². The number of carbonyl (C=O) groups excluding carboxylic acids is 3. The third-order valence-electron chi connectivity index (χ3n) is 4.96. The highest BCUT2D eigenvalue weighted by atomic mass is 16.2. The minimum absolute atomic E-state index is 0.0552. The van der Waals surface area contributed by atoms with Gasteiger partial charge >= 0.3 is 0 Å². The van der Waals surface area contributed by atoms with E-state index in [1.807, 2.05) is 30.9 Å². The molecule has 3 rings (SSSR count). The lowest BCUT2D eigenvalue weighted by Gasteiger charge is -2.33. The number of likely N-dealkylation sites (N-methyl/N-ethyl adjacent to an activating group) is 1. The SMILES string of the molecule is CCN1CCNC(=O)C1CC(=O)Nc1cc(C)ccc1NC(=O)c1ccccc1. The van der Waals surface area contributed by atoms with E-state index in [2.05, 4.69) is 16.0 Å². The molecular weight excluding hydrogens is 368 g/mol. The van der Waals surface area contributed by atoms with Crippen molar-refractivity contribution in [1.29, 1.82) is 0 Å². The first kappa shape index (κ1) is 20.5. The summed E-state index contributed by atoms with van der Waals surface area (Å²) in [6.45, 7) is 5.91. The van der Waals surface area contributed by atoms with Gasteiger partial charge in [-0.2, -0.15) is 0 Å². The van der Waals surface area contributed by atoms with Gasteiger partial charge in [0.15, 0.2) is 0 Å². The van der Waals surface area contributed by atoms with E-state index in [1.165, 1.54) is 0 Å². The zero-order valence-electron chi connectivity index (χ0n) is 16.7. The number of hydrogen-bond acceptors (Lipinski definition) is 4. The molecule has 1 aliphatic rings. The fourth-order valence-corrected chi connectivity index (χ4v) is 3.39. The van der Waals surface area contributed by atoms with Crippen LogP contribution in [0.1, 0.15) is 29.3 Å². The zero-order chi connectivity index (χ0) is 20.8. The zero-order valence-corrected chi connectivity index (χ0v) is 16.7. The van der Waals surface area contributed by atoms with E-state index in [9.17, 15) is 14.4 Å². The summed E-state index contributed by atoms with van der Waals surface area (Å²) in [7, 11) is 0. The average Bonchev–Trinajstić information content (AvgIpc) is 2.72. The number of carbonyl (C=O) groups is 3. The second-order valence-electron chi connectivity index (χ2n) is 7.06. The first-order valence-electron chi connectivity index (χ1n) is 9.76. The molecule has 152 valence electrons. The fraction of sp³-hybridized carbons (Fsp3) is 0.318. The van der Waals surface area contributed by atoms with Crippen molar-refractivity contribution in [3.63, 3.8) is 0 Å². The highest BCUT2D eigenvalue weighted by molar-refractivity contribution is 6.07. The summed E-state index contributed by atoms with van der Waals surface area (Å²) in [4.78, 5) is 39.3. The Balaban J connectivity index is 1.73. The molecule has 3 N–H and O–H groups in total. The fourth-order valence-electron chi connectivity index (χ4n) is 3.39. The Labute approximate surface area is 170 Å². The average molecular weight is 394 g/mol. The van der Waals surface area contributed by atoms with Crippen molar-refractivity contribution in [2.75, 3.05) is 30.3 Å². The summed E-state index contributed by atoms with van der Waals surface area (Å²) in [5.74, 6) is -0.657. The standard InChI is InChI=1S/C22H26N4O3/c1-3-26-12-11-23-22(29)19(26)14-20(27)24-18-13-15(2)9-10-17(18)25-21(28)16-7-5-4-6-8-16/h4-10,13,19H,3,11-12,14H2,1-2H3,(H,23,29)(H,24,27)(H,25,28). The summed E-state index contributed by atoms with van der Waals surface area (Å²) in [5.41, 5.74) is 2.50. The summed E-state index contributed by atoms with van der Waals surface area (Å²) in [5, 5.41) is 8.52. The summed E-state index contributed by atoms with van der Waals surface area (Å²) < 4.78 is 0. The predicted octanol–water partition coefficient (Wildman–Crippen LogP) is 2.40. The van der Waals surface area contributed by atoms with Crippen LogP contribution in [0.2, 0.25) is 0 Å². The van der Waals surface area contributed by atoms with Crippen molar-refractivity contribution in [2.24, 2.45) is 0 Å². The number of anilines is 2. The molecule has 1 atom stereocenters. The number of piperazine rings is 1. The van der Waals surface area contributed by atoms with Crippen molar-refractivity contribution in [2.45, 2.75) is 26.3 Å². The number of benzene rings is 2. The molecular formula is C22H26N4O3. The van der Waals surface area contributed by atoms with Crippen molar-refractivity contribution in [3.05, 3.63) is 59.7 Å². The predicted molar refractivity (Wildman–Crippen MR) is 113 cm³/mol. The van der Waals surface area contributed by atoms with E-state index in [4.69, 9.17) is 0 Å². The van der Waals surface area contributed by atoms with Gasteiger partial charge in [-0.15, -0.1) is 0 Å². The minimum atomic E-state index is -0.485. The number of aryl methyl sites for hydroxylation is 1. The van der Waals surface area contributed by atoms with Crippen molar-refractivity contribution < 1.29 is 14.4 Å². The molecule has 2 aromatic carbocycles. The van der Waals surface area contributed by atoms with Crippen LogP contribution in [0.25, 0.3) is 0 Å².